The third-order valence-electron chi connectivity index (χ3n) is 3.60. The zero-order valence-corrected chi connectivity index (χ0v) is 11.4. The Hall–Kier alpha value is -2.81. The molecule has 0 saturated heterocycles. The van der Waals surface area contributed by atoms with Crippen molar-refractivity contribution in [1.29, 1.82) is 0 Å². The number of carbonyl (C=O) groups excluding carboxylic acids is 1. The standard InChI is InChI=1S/C18H12O3/c1-11(19)17-13-7-3-2-6-12(13)10-16-18(17)21-15-9-5-4-8-14(15)20-16/h2-10H,1H3. The fourth-order valence-electron chi connectivity index (χ4n) is 2.68. The van der Waals surface area contributed by atoms with Gasteiger partial charge in [0.25, 0.3) is 0 Å². The molecule has 0 atom stereocenters. The predicted molar refractivity (Wildman–Crippen MR) is 80.5 cm³/mol. The fourth-order valence-corrected chi connectivity index (χ4v) is 2.68. The Morgan fingerprint density at radius 1 is 0.857 bits per heavy atom. The molecule has 1 aliphatic rings. The third-order valence-corrected chi connectivity index (χ3v) is 3.60. The van der Waals surface area contributed by atoms with Gasteiger partial charge >= 0.3 is 0 Å². The first-order valence-electron chi connectivity index (χ1n) is 6.75. The molecule has 0 amide bonds. The van der Waals surface area contributed by atoms with E-state index in [1.54, 1.807) is 6.92 Å². The molecule has 0 radical (unpaired) electrons. The van der Waals surface area contributed by atoms with Crippen LogP contribution >= 0.6 is 0 Å². The van der Waals surface area contributed by atoms with Crippen molar-refractivity contribution >= 4 is 16.6 Å². The Morgan fingerprint density at radius 2 is 1.52 bits per heavy atom. The number of Topliss-reactive ketones (excluding diaryl/α,β-unsaturated/α-hetero) is 1. The van der Waals surface area contributed by atoms with E-state index in [0.29, 0.717) is 28.6 Å². The van der Waals surface area contributed by atoms with Crippen LogP contribution in [0.3, 0.4) is 0 Å². The lowest BCUT2D eigenvalue weighted by Crippen LogP contribution is -2.05. The number of ether oxygens (including phenoxy) is 2. The van der Waals surface area contributed by atoms with E-state index >= 15 is 0 Å². The molecule has 0 saturated carbocycles. The van der Waals surface area contributed by atoms with E-state index in [2.05, 4.69) is 0 Å². The number of rotatable bonds is 1. The second-order valence-corrected chi connectivity index (χ2v) is 5.01. The van der Waals surface area contributed by atoms with Crippen molar-refractivity contribution in [3.8, 4) is 23.0 Å². The van der Waals surface area contributed by atoms with E-state index < -0.39 is 0 Å². The third kappa shape index (κ3) is 1.78. The lowest BCUT2D eigenvalue weighted by molar-refractivity contribution is 0.101. The van der Waals surface area contributed by atoms with Gasteiger partial charge in [0.05, 0.1) is 5.56 Å². The quantitative estimate of drug-likeness (QED) is 0.462. The Bertz CT molecular complexity index is 881. The molecule has 3 heteroatoms. The summed E-state index contributed by atoms with van der Waals surface area (Å²) in [5, 5.41) is 1.84. The molecule has 3 nitrogen and oxygen atoms in total. The van der Waals surface area contributed by atoms with Gasteiger partial charge in [-0.15, -0.1) is 0 Å². The van der Waals surface area contributed by atoms with Gasteiger partial charge in [0.2, 0.25) is 0 Å². The van der Waals surface area contributed by atoms with Crippen LogP contribution in [-0.4, -0.2) is 5.78 Å². The van der Waals surface area contributed by atoms with E-state index in [4.69, 9.17) is 9.47 Å². The number of benzene rings is 3. The maximum absolute atomic E-state index is 12.1. The van der Waals surface area contributed by atoms with Gasteiger partial charge in [0.1, 0.15) is 0 Å². The highest BCUT2D eigenvalue weighted by Crippen LogP contribution is 2.49. The normalized spacial score (nSPS) is 12.0. The molecule has 0 spiro atoms. The first kappa shape index (κ1) is 12.0. The van der Waals surface area contributed by atoms with Gasteiger partial charge in [0, 0.05) is 0 Å². The maximum atomic E-state index is 12.1. The summed E-state index contributed by atoms with van der Waals surface area (Å²) < 4.78 is 11.8. The second-order valence-electron chi connectivity index (χ2n) is 5.01. The number of para-hydroxylation sites is 2. The minimum atomic E-state index is -0.0361. The molecule has 0 fully saturated rings. The van der Waals surface area contributed by atoms with Crippen molar-refractivity contribution in [2.75, 3.05) is 0 Å². The molecular formula is C18H12O3. The summed E-state index contributed by atoms with van der Waals surface area (Å²) in [4.78, 5) is 12.1. The highest BCUT2D eigenvalue weighted by atomic mass is 16.6. The first-order valence-corrected chi connectivity index (χ1v) is 6.75. The SMILES string of the molecule is CC(=O)c1c2c(cc3ccccc13)Oc1ccccc1O2. The molecule has 0 N–H and O–H groups in total. The summed E-state index contributed by atoms with van der Waals surface area (Å²) in [5.41, 5.74) is 0.567. The number of hydrogen-bond donors (Lipinski definition) is 0. The van der Waals surface area contributed by atoms with Crippen LogP contribution in [0, 0.1) is 0 Å². The molecule has 102 valence electrons. The maximum Gasteiger partial charge on any atom is 0.181 e. The Morgan fingerprint density at radius 3 is 2.29 bits per heavy atom. The van der Waals surface area contributed by atoms with E-state index in [1.165, 1.54) is 0 Å². The zero-order chi connectivity index (χ0) is 14.4. The minimum absolute atomic E-state index is 0.0361. The lowest BCUT2D eigenvalue weighted by atomic mass is 9.99. The molecule has 0 aromatic heterocycles. The molecular weight excluding hydrogens is 264 g/mol. The van der Waals surface area contributed by atoms with Crippen LogP contribution in [0.4, 0.5) is 0 Å². The zero-order valence-electron chi connectivity index (χ0n) is 11.4. The molecule has 1 aliphatic heterocycles. The molecule has 3 aromatic carbocycles. The van der Waals surface area contributed by atoms with E-state index in [9.17, 15) is 4.79 Å². The fraction of sp³-hybridized carbons (Fsp3) is 0.0556. The van der Waals surface area contributed by atoms with Crippen molar-refractivity contribution in [2.45, 2.75) is 6.92 Å². The van der Waals surface area contributed by atoms with Crippen molar-refractivity contribution in [3.63, 3.8) is 0 Å². The Balaban J connectivity index is 2.03. The number of carbonyl (C=O) groups is 1. The Labute approximate surface area is 121 Å². The first-order chi connectivity index (χ1) is 10.2. The molecule has 0 bridgehead atoms. The highest BCUT2D eigenvalue weighted by Gasteiger charge is 2.25. The molecule has 1 heterocycles. The Kier molecular flexibility index (Phi) is 2.48. The van der Waals surface area contributed by atoms with Crippen molar-refractivity contribution < 1.29 is 14.3 Å². The van der Waals surface area contributed by atoms with Crippen LogP contribution in [0.1, 0.15) is 17.3 Å². The van der Waals surface area contributed by atoms with Crippen molar-refractivity contribution in [2.24, 2.45) is 0 Å². The minimum Gasteiger partial charge on any atom is -0.449 e. The summed E-state index contributed by atoms with van der Waals surface area (Å²) in [6, 6.07) is 17.1. The van der Waals surface area contributed by atoms with Crippen LogP contribution in [0.15, 0.2) is 54.6 Å². The average Bonchev–Trinajstić information content (AvgIpc) is 2.50. The van der Waals surface area contributed by atoms with Gasteiger partial charge in [-0.1, -0.05) is 36.4 Å². The predicted octanol–water partition coefficient (Wildman–Crippen LogP) is 4.94. The van der Waals surface area contributed by atoms with Gasteiger partial charge in [-0.05, 0) is 35.9 Å². The molecule has 21 heavy (non-hydrogen) atoms. The number of hydrogen-bond acceptors (Lipinski definition) is 3. The highest BCUT2D eigenvalue weighted by molar-refractivity contribution is 6.10. The largest absolute Gasteiger partial charge is 0.449 e. The molecule has 4 rings (SSSR count). The summed E-state index contributed by atoms with van der Waals surface area (Å²) in [5.74, 6) is 2.33. The van der Waals surface area contributed by atoms with Crippen molar-refractivity contribution in [3.05, 3.63) is 60.2 Å². The summed E-state index contributed by atoms with van der Waals surface area (Å²) in [7, 11) is 0. The number of fused-ring (bicyclic) bond motifs is 3. The van der Waals surface area contributed by atoms with E-state index in [0.717, 1.165) is 10.8 Å². The average molecular weight is 276 g/mol. The van der Waals surface area contributed by atoms with Crippen molar-refractivity contribution in [1.82, 2.24) is 0 Å². The molecule has 0 unspecified atom stereocenters. The summed E-state index contributed by atoms with van der Waals surface area (Å²) in [6.07, 6.45) is 0. The monoisotopic (exact) mass is 276 g/mol. The van der Waals surface area contributed by atoms with E-state index in [-0.39, 0.29) is 5.78 Å². The van der Waals surface area contributed by atoms with Gasteiger partial charge < -0.3 is 9.47 Å². The topological polar surface area (TPSA) is 35.5 Å². The van der Waals surface area contributed by atoms with Gasteiger partial charge in [-0.2, -0.15) is 0 Å². The smallest absolute Gasteiger partial charge is 0.181 e. The number of ketones is 1. The summed E-state index contributed by atoms with van der Waals surface area (Å²) in [6.45, 7) is 1.55. The van der Waals surface area contributed by atoms with Gasteiger partial charge in [-0.3, -0.25) is 4.79 Å². The van der Waals surface area contributed by atoms with Crippen LogP contribution in [-0.2, 0) is 0 Å². The van der Waals surface area contributed by atoms with Crippen LogP contribution in [0.2, 0.25) is 0 Å². The summed E-state index contributed by atoms with van der Waals surface area (Å²) >= 11 is 0. The van der Waals surface area contributed by atoms with Gasteiger partial charge in [0.15, 0.2) is 28.8 Å². The van der Waals surface area contributed by atoms with Crippen LogP contribution in [0.25, 0.3) is 10.8 Å². The van der Waals surface area contributed by atoms with Crippen LogP contribution < -0.4 is 9.47 Å². The second kappa shape index (κ2) is 4.35. The molecule has 0 aliphatic carbocycles. The lowest BCUT2D eigenvalue weighted by Gasteiger charge is -2.23. The van der Waals surface area contributed by atoms with Gasteiger partial charge in [-0.25, -0.2) is 0 Å². The molecule has 3 aromatic rings. The van der Waals surface area contributed by atoms with E-state index in [1.807, 2.05) is 54.6 Å². The van der Waals surface area contributed by atoms with Crippen LogP contribution in [0.5, 0.6) is 23.0 Å².